The van der Waals surface area contributed by atoms with Crippen LogP contribution in [0.2, 0.25) is 0 Å². The lowest BCUT2D eigenvalue weighted by Crippen LogP contribution is -2.18. The predicted octanol–water partition coefficient (Wildman–Crippen LogP) is 3.23. The van der Waals surface area contributed by atoms with Crippen molar-refractivity contribution in [2.24, 2.45) is 0 Å². The summed E-state index contributed by atoms with van der Waals surface area (Å²) in [6.45, 7) is 1.06. The maximum atomic E-state index is 12.5. The number of hydrogen-bond acceptors (Lipinski definition) is 3. The quantitative estimate of drug-likeness (QED) is 0.779. The van der Waals surface area contributed by atoms with E-state index in [0.717, 1.165) is 20.1 Å². The molecule has 0 amide bonds. The van der Waals surface area contributed by atoms with Gasteiger partial charge in [0.05, 0.1) is 7.11 Å². The minimum Gasteiger partial charge on any atom is -0.481 e. The highest BCUT2D eigenvalue weighted by atomic mass is 19.4. The molecule has 0 aliphatic heterocycles. The Morgan fingerprint density at radius 2 is 1.88 bits per heavy atom. The number of pyridine rings is 1. The molecule has 1 heterocycles. The molecule has 96 valence electrons. The van der Waals surface area contributed by atoms with Gasteiger partial charge in [0, 0.05) is 11.6 Å². The molecule has 0 aromatic carbocycles. The van der Waals surface area contributed by atoms with E-state index < -0.39 is 24.2 Å². The number of halogens is 5. The van der Waals surface area contributed by atoms with Crippen molar-refractivity contribution in [1.29, 1.82) is 0 Å². The first-order chi connectivity index (χ1) is 7.74. The monoisotopic (exact) mass is 257 g/mol. The van der Waals surface area contributed by atoms with Gasteiger partial charge < -0.3 is 9.47 Å². The van der Waals surface area contributed by atoms with Crippen molar-refractivity contribution in [2.75, 3.05) is 7.11 Å². The molecule has 3 nitrogen and oxygen atoms in total. The van der Waals surface area contributed by atoms with E-state index in [-0.39, 0.29) is 11.4 Å². The number of rotatable bonds is 3. The van der Waals surface area contributed by atoms with Gasteiger partial charge in [0.25, 0.3) is 6.43 Å². The van der Waals surface area contributed by atoms with Crippen molar-refractivity contribution in [1.82, 2.24) is 4.98 Å². The van der Waals surface area contributed by atoms with Crippen LogP contribution in [0.15, 0.2) is 6.07 Å². The second-order valence-electron chi connectivity index (χ2n) is 3.02. The largest absolute Gasteiger partial charge is 0.573 e. The minimum atomic E-state index is -4.96. The van der Waals surface area contributed by atoms with E-state index in [0.29, 0.717) is 0 Å². The molecule has 0 aliphatic carbocycles. The fourth-order valence-electron chi connectivity index (χ4n) is 1.13. The number of methoxy groups -OCH3 is 1. The summed E-state index contributed by atoms with van der Waals surface area (Å²) >= 11 is 0. The topological polar surface area (TPSA) is 31.4 Å². The van der Waals surface area contributed by atoms with E-state index in [2.05, 4.69) is 14.5 Å². The Bertz CT molecular complexity index is 405. The van der Waals surface area contributed by atoms with Gasteiger partial charge in [0.2, 0.25) is 5.88 Å². The molecule has 1 aromatic rings. The fourth-order valence-corrected chi connectivity index (χ4v) is 1.13. The Morgan fingerprint density at radius 1 is 1.29 bits per heavy atom. The van der Waals surface area contributed by atoms with Crippen LogP contribution in [0.25, 0.3) is 0 Å². The Morgan fingerprint density at radius 3 is 2.29 bits per heavy atom. The van der Waals surface area contributed by atoms with E-state index in [1.807, 2.05) is 0 Å². The number of ether oxygens (including phenoxy) is 2. The van der Waals surface area contributed by atoms with Crippen molar-refractivity contribution in [2.45, 2.75) is 19.7 Å². The summed E-state index contributed by atoms with van der Waals surface area (Å²) in [6, 6.07) is 0.800. The third-order valence-corrected chi connectivity index (χ3v) is 1.88. The van der Waals surface area contributed by atoms with Gasteiger partial charge in [-0.05, 0) is 6.92 Å². The molecule has 0 bridgehead atoms. The first kappa shape index (κ1) is 13.5. The van der Waals surface area contributed by atoms with Crippen LogP contribution in [0.4, 0.5) is 22.0 Å². The van der Waals surface area contributed by atoms with Crippen LogP contribution in [0.3, 0.4) is 0 Å². The summed E-state index contributed by atoms with van der Waals surface area (Å²) < 4.78 is 69.2. The molecule has 0 fully saturated rings. The van der Waals surface area contributed by atoms with Gasteiger partial charge >= 0.3 is 6.36 Å². The summed E-state index contributed by atoms with van der Waals surface area (Å²) in [6.07, 6.45) is -7.98. The molecule has 1 aromatic heterocycles. The summed E-state index contributed by atoms with van der Waals surface area (Å²) in [7, 11) is 1.10. The highest BCUT2D eigenvalue weighted by molar-refractivity contribution is 5.40. The molecule has 0 aliphatic rings. The van der Waals surface area contributed by atoms with Crippen molar-refractivity contribution in [3.8, 4) is 11.6 Å². The molecule has 1 rings (SSSR count). The maximum absolute atomic E-state index is 12.5. The standard InChI is InChI=1S/C9H8F5NO2/c1-4-5(17-9(12,13)14)3-6(16-2)15-7(4)8(10)11/h3,8H,1-2H3. The van der Waals surface area contributed by atoms with Crippen LogP contribution in [0, 0.1) is 6.92 Å². The van der Waals surface area contributed by atoms with Crippen LogP contribution < -0.4 is 9.47 Å². The normalized spacial score (nSPS) is 11.8. The molecule has 0 unspecified atom stereocenters. The third-order valence-electron chi connectivity index (χ3n) is 1.88. The van der Waals surface area contributed by atoms with Crippen molar-refractivity contribution in [3.05, 3.63) is 17.3 Å². The van der Waals surface area contributed by atoms with Gasteiger partial charge in [0.15, 0.2) is 0 Å². The first-order valence-electron chi connectivity index (χ1n) is 4.34. The number of aromatic nitrogens is 1. The molecule has 0 N–H and O–H groups in total. The smallest absolute Gasteiger partial charge is 0.481 e. The number of alkyl halides is 5. The SMILES string of the molecule is COc1cc(OC(F)(F)F)c(C)c(C(F)F)n1. The van der Waals surface area contributed by atoms with Crippen LogP contribution in [0.5, 0.6) is 11.6 Å². The van der Waals surface area contributed by atoms with E-state index in [1.165, 1.54) is 0 Å². The van der Waals surface area contributed by atoms with E-state index in [4.69, 9.17) is 0 Å². The molecule has 8 heteroatoms. The summed E-state index contributed by atoms with van der Waals surface area (Å²) in [5.74, 6) is -1.12. The lowest BCUT2D eigenvalue weighted by Gasteiger charge is -2.14. The molecule has 0 saturated heterocycles. The molecule has 17 heavy (non-hydrogen) atoms. The van der Waals surface area contributed by atoms with Gasteiger partial charge in [-0.15, -0.1) is 13.2 Å². The highest BCUT2D eigenvalue weighted by Gasteiger charge is 2.33. The summed E-state index contributed by atoms with van der Waals surface area (Å²) in [5.41, 5.74) is -1.18. The maximum Gasteiger partial charge on any atom is 0.573 e. The Hall–Kier alpha value is -1.60. The van der Waals surface area contributed by atoms with Crippen molar-refractivity contribution in [3.63, 3.8) is 0 Å². The molecular formula is C9H8F5NO2. The van der Waals surface area contributed by atoms with Gasteiger partial charge in [-0.3, -0.25) is 0 Å². The minimum absolute atomic E-state index is 0.370. The lowest BCUT2D eigenvalue weighted by molar-refractivity contribution is -0.274. The summed E-state index contributed by atoms with van der Waals surface area (Å²) in [5, 5.41) is 0. The predicted molar refractivity (Wildman–Crippen MR) is 47.2 cm³/mol. The van der Waals surface area contributed by atoms with Crippen molar-refractivity contribution >= 4 is 0 Å². The first-order valence-corrected chi connectivity index (χ1v) is 4.34. The van der Waals surface area contributed by atoms with Crippen LogP contribution in [0.1, 0.15) is 17.7 Å². The van der Waals surface area contributed by atoms with Crippen LogP contribution >= 0.6 is 0 Å². The zero-order valence-corrected chi connectivity index (χ0v) is 8.81. The lowest BCUT2D eigenvalue weighted by atomic mass is 10.2. The molecule has 0 saturated carbocycles. The second kappa shape index (κ2) is 4.72. The fraction of sp³-hybridized carbons (Fsp3) is 0.444. The molecule has 0 spiro atoms. The second-order valence-corrected chi connectivity index (χ2v) is 3.02. The van der Waals surface area contributed by atoms with Gasteiger partial charge in [-0.1, -0.05) is 0 Å². The van der Waals surface area contributed by atoms with Crippen LogP contribution in [-0.4, -0.2) is 18.5 Å². The third kappa shape index (κ3) is 3.43. The molecule has 0 atom stereocenters. The van der Waals surface area contributed by atoms with E-state index >= 15 is 0 Å². The highest BCUT2D eigenvalue weighted by Crippen LogP contribution is 2.33. The van der Waals surface area contributed by atoms with E-state index in [9.17, 15) is 22.0 Å². The van der Waals surface area contributed by atoms with Gasteiger partial charge in [0.1, 0.15) is 11.4 Å². The van der Waals surface area contributed by atoms with Gasteiger partial charge in [-0.25, -0.2) is 13.8 Å². The Balaban J connectivity index is 3.24. The van der Waals surface area contributed by atoms with Crippen LogP contribution in [-0.2, 0) is 0 Å². The number of hydrogen-bond donors (Lipinski definition) is 0. The van der Waals surface area contributed by atoms with E-state index in [1.54, 1.807) is 0 Å². The van der Waals surface area contributed by atoms with Gasteiger partial charge in [-0.2, -0.15) is 0 Å². The zero-order chi connectivity index (χ0) is 13.2. The molecule has 0 radical (unpaired) electrons. The summed E-state index contributed by atoms with van der Waals surface area (Å²) in [4.78, 5) is 3.36. The molecular weight excluding hydrogens is 249 g/mol. The average Bonchev–Trinajstić information content (AvgIpc) is 2.18. The number of nitrogens with zero attached hydrogens (tertiary/aromatic N) is 1. The average molecular weight is 257 g/mol. The zero-order valence-electron chi connectivity index (χ0n) is 8.81. The Labute approximate surface area is 93.2 Å². The van der Waals surface area contributed by atoms with Crippen molar-refractivity contribution < 1.29 is 31.4 Å². The Kier molecular flexibility index (Phi) is 3.74.